The number of ether oxygens (including phenoxy) is 1. The standard InChI is InChI=1S/C16H25N3O3.ClH/c1-4-18-13-8-7-12(16(21)22-5-2)10-14(13)19-15(20)9-6-11(3)17;/h7-8,10-11,18H,4-6,9,17H2,1-3H3,(H,19,20);1H. The molecule has 1 unspecified atom stereocenters. The lowest BCUT2D eigenvalue weighted by Crippen LogP contribution is -2.20. The van der Waals surface area contributed by atoms with Crippen molar-refractivity contribution in [2.75, 3.05) is 23.8 Å². The Balaban J connectivity index is 0.00000484. The molecule has 0 radical (unpaired) electrons. The Morgan fingerprint density at radius 3 is 2.52 bits per heavy atom. The first-order valence-electron chi connectivity index (χ1n) is 7.58. The third-order valence-electron chi connectivity index (χ3n) is 3.00. The quantitative estimate of drug-likeness (QED) is 0.631. The van der Waals surface area contributed by atoms with Gasteiger partial charge in [-0.05, 0) is 45.4 Å². The van der Waals surface area contributed by atoms with Crippen LogP contribution < -0.4 is 16.4 Å². The molecule has 0 aromatic heterocycles. The van der Waals surface area contributed by atoms with Crippen LogP contribution in [-0.2, 0) is 9.53 Å². The number of hydrogen-bond donors (Lipinski definition) is 3. The summed E-state index contributed by atoms with van der Waals surface area (Å²) >= 11 is 0. The fourth-order valence-electron chi connectivity index (χ4n) is 1.91. The van der Waals surface area contributed by atoms with E-state index in [2.05, 4.69) is 10.6 Å². The molecule has 7 heteroatoms. The third kappa shape index (κ3) is 7.34. The molecule has 1 aromatic rings. The molecule has 1 rings (SSSR count). The number of carbonyl (C=O) groups is 2. The van der Waals surface area contributed by atoms with Crippen LogP contribution in [-0.4, -0.2) is 31.1 Å². The summed E-state index contributed by atoms with van der Waals surface area (Å²) in [5, 5.41) is 5.98. The van der Waals surface area contributed by atoms with Crippen LogP contribution in [0.25, 0.3) is 0 Å². The summed E-state index contributed by atoms with van der Waals surface area (Å²) in [5.41, 5.74) is 7.40. The number of benzene rings is 1. The molecule has 0 aliphatic rings. The minimum atomic E-state index is -0.406. The van der Waals surface area contributed by atoms with Crippen LogP contribution in [0.5, 0.6) is 0 Å². The van der Waals surface area contributed by atoms with Gasteiger partial charge in [0.1, 0.15) is 0 Å². The molecule has 0 bridgehead atoms. The molecule has 0 aliphatic heterocycles. The smallest absolute Gasteiger partial charge is 0.338 e. The van der Waals surface area contributed by atoms with E-state index in [1.165, 1.54) is 0 Å². The molecule has 1 atom stereocenters. The van der Waals surface area contributed by atoms with E-state index in [-0.39, 0.29) is 24.4 Å². The summed E-state index contributed by atoms with van der Waals surface area (Å²) in [6.07, 6.45) is 0.951. The highest BCUT2D eigenvalue weighted by Gasteiger charge is 2.12. The zero-order valence-electron chi connectivity index (χ0n) is 13.8. The van der Waals surface area contributed by atoms with E-state index >= 15 is 0 Å². The molecule has 23 heavy (non-hydrogen) atoms. The summed E-state index contributed by atoms with van der Waals surface area (Å²) in [4.78, 5) is 23.8. The summed E-state index contributed by atoms with van der Waals surface area (Å²) in [7, 11) is 0. The van der Waals surface area contributed by atoms with Gasteiger partial charge >= 0.3 is 5.97 Å². The Labute approximate surface area is 143 Å². The first-order valence-corrected chi connectivity index (χ1v) is 7.58. The Hall–Kier alpha value is -1.79. The van der Waals surface area contributed by atoms with Crippen molar-refractivity contribution in [2.24, 2.45) is 5.73 Å². The number of halogens is 1. The van der Waals surface area contributed by atoms with Gasteiger partial charge < -0.3 is 21.1 Å². The highest BCUT2D eigenvalue weighted by molar-refractivity contribution is 5.98. The summed E-state index contributed by atoms with van der Waals surface area (Å²) in [5.74, 6) is -0.533. The minimum absolute atomic E-state index is 0. The van der Waals surface area contributed by atoms with E-state index in [0.717, 1.165) is 5.69 Å². The average Bonchev–Trinajstić information content (AvgIpc) is 2.47. The Bertz CT molecular complexity index is 521. The number of amides is 1. The summed E-state index contributed by atoms with van der Waals surface area (Å²) in [6, 6.07) is 5.04. The second-order valence-corrected chi connectivity index (χ2v) is 5.08. The maximum atomic E-state index is 12.0. The molecule has 0 spiro atoms. The van der Waals surface area contributed by atoms with Gasteiger partial charge in [-0.1, -0.05) is 0 Å². The predicted octanol–water partition coefficient (Wildman–Crippen LogP) is 2.78. The van der Waals surface area contributed by atoms with Crippen LogP contribution in [0.15, 0.2) is 18.2 Å². The monoisotopic (exact) mass is 343 g/mol. The first kappa shape index (κ1) is 21.2. The fraction of sp³-hybridized carbons (Fsp3) is 0.500. The van der Waals surface area contributed by atoms with E-state index in [1.807, 2.05) is 13.8 Å². The average molecular weight is 344 g/mol. The number of carbonyl (C=O) groups excluding carboxylic acids is 2. The van der Waals surface area contributed by atoms with E-state index in [4.69, 9.17) is 10.5 Å². The molecule has 0 heterocycles. The van der Waals surface area contributed by atoms with Gasteiger partial charge in [0, 0.05) is 19.0 Å². The Morgan fingerprint density at radius 1 is 1.26 bits per heavy atom. The van der Waals surface area contributed by atoms with Crippen molar-refractivity contribution >= 4 is 35.7 Å². The van der Waals surface area contributed by atoms with Crippen molar-refractivity contribution in [2.45, 2.75) is 39.7 Å². The Kier molecular flexibility index (Phi) is 10.0. The highest BCUT2D eigenvalue weighted by Crippen LogP contribution is 2.24. The SMILES string of the molecule is CCNc1ccc(C(=O)OCC)cc1NC(=O)CCC(C)N.Cl. The van der Waals surface area contributed by atoms with Gasteiger partial charge in [0.25, 0.3) is 0 Å². The number of nitrogens with two attached hydrogens (primary N) is 1. The number of anilines is 2. The molecular weight excluding hydrogens is 318 g/mol. The molecule has 0 aliphatic carbocycles. The summed E-state index contributed by atoms with van der Waals surface area (Å²) < 4.78 is 4.98. The number of nitrogens with one attached hydrogen (secondary N) is 2. The molecule has 0 saturated heterocycles. The van der Waals surface area contributed by atoms with Crippen LogP contribution in [0.4, 0.5) is 11.4 Å². The molecular formula is C16H26ClN3O3. The largest absolute Gasteiger partial charge is 0.462 e. The van der Waals surface area contributed by atoms with Crippen LogP contribution in [0, 0.1) is 0 Å². The lowest BCUT2D eigenvalue weighted by Gasteiger charge is -2.14. The molecule has 130 valence electrons. The van der Waals surface area contributed by atoms with Crippen molar-refractivity contribution < 1.29 is 14.3 Å². The van der Waals surface area contributed by atoms with E-state index < -0.39 is 5.97 Å². The van der Waals surface area contributed by atoms with Gasteiger partial charge in [-0.25, -0.2) is 4.79 Å². The van der Waals surface area contributed by atoms with Gasteiger partial charge in [-0.2, -0.15) is 0 Å². The number of rotatable bonds is 8. The van der Waals surface area contributed by atoms with E-state index in [0.29, 0.717) is 37.2 Å². The molecule has 1 amide bonds. The summed E-state index contributed by atoms with van der Waals surface area (Å²) in [6.45, 7) is 6.59. The topological polar surface area (TPSA) is 93.5 Å². The first-order chi connectivity index (χ1) is 10.5. The van der Waals surface area contributed by atoms with Crippen LogP contribution in [0.3, 0.4) is 0 Å². The second-order valence-electron chi connectivity index (χ2n) is 5.08. The lowest BCUT2D eigenvalue weighted by molar-refractivity contribution is -0.116. The highest BCUT2D eigenvalue weighted by atomic mass is 35.5. The molecule has 0 saturated carbocycles. The van der Waals surface area contributed by atoms with Crippen molar-refractivity contribution in [3.8, 4) is 0 Å². The van der Waals surface area contributed by atoms with Gasteiger partial charge in [-0.3, -0.25) is 4.79 Å². The maximum absolute atomic E-state index is 12.0. The van der Waals surface area contributed by atoms with Gasteiger partial charge in [0.2, 0.25) is 5.91 Å². The third-order valence-corrected chi connectivity index (χ3v) is 3.00. The molecule has 1 aromatic carbocycles. The predicted molar refractivity (Wildman–Crippen MR) is 95.3 cm³/mol. The number of esters is 1. The van der Waals surface area contributed by atoms with Crippen molar-refractivity contribution in [3.05, 3.63) is 23.8 Å². The van der Waals surface area contributed by atoms with Crippen LogP contribution >= 0.6 is 12.4 Å². The van der Waals surface area contributed by atoms with E-state index in [9.17, 15) is 9.59 Å². The fourth-order valence-corrected chi connectivity index (χ4v) is 1.91. The van der Waals surface area contributed by atoms with Crippen LogP contribution in [0.1, 0.15) is 44.0 Å². The maximum Gasteiger partial charge on any atom is 0.338 e. The zero-order chi connectivity index (χ0) is 16.5. The number of hydrogen-bond acceptors (Lipinski definition) is 5. The Morgan fingerprint density at radius 2 is 1.96 bits per heavy atom. The zero-order valence-corrected chi connectivity index (χ0v) is 14.7. The minimum Gasteiger partial charge on any atom is -0.462 e. The van der Waals surface area contributed by atoms with Gasteiger partial charge in [0.05, 0.1) is 23.5 Å². The second kappa shape index (κ2) is 10.9. The molecule has 4 N–H and O–H groups in total. The molecule has 0 fully saturated rings. The molecule has 6 nitrogen and oxygen atoms in total. The van der Waals surface area contributed by atoms with E-state index in [1.54, 1.807) is 25.1 Å². The van der Waals surface area contributed by atoms with Gasteiger partial charge in [-0.15, -0.1) is 12.4 Å². The van der Waals surface area contributed by atoms with Gasteiger partial charge in [0.15, 0.2) is 0 Å². The van der Waals surface area contributed by atoms with Crippen molar-refractivity contribution in [1.82, 2.24) is 0 Å². The normalized spacial score (nSPS) is 11.1. The van der Waals surface area contributed by atoms with Crippen LogP contribution in [0.2, 0.25) is 0 Å². The van der Waals surface area contributed by atoms with Crippen molar-refractivity contribution in [1.29, 1.82) is 0 Å². The van der Waals surface area contributed by atoms with Crippen molar-refractivity contribution in [3.63, 3.8) is 0 Å². The lowest BCUT2D eigenvalue weighted by atomic mass is 10.1.